The summed E-state index contributed by atoms with van der Waals surface area (Å²) in [6.45, 7) is 1.50. The average Bonchev–Trinajstić information content (AvgIpc) is 2.75. The molecule has 0 aliphatic heterocycles. The number of carbonyl (C=O) groups is 2. The van der Waals surface area contributed by atoms with Gasteiger partial charge in [-0.3, -0.25) is 9.59 Å². The Balaban J connectivity index is 1.76. The van der Waals surface area contributed by atoms with Crippen molar-refractivity contribution >= 4 is 40.5 Å². The first-order valence-corrected chi connectivity index (χ1v) is 9.92. The molecule has 30 heavy (non-hydrogen) atoms. The summed E-state index contributed by atoms with van der Waals surface area (Å²) >= 11 is 5.37. The Morgan fingerprint density at radius 2 is 1.43 bits per heavy atom. The standard InChI is InChI=1S/C24H23N3O2S/c1-17(28)27(2)21-15-9-14-20(16-21)25-24(30)26-23(29)22(18-10-5-3-6-11-18)19-12-7-4-8-13-19/h3-16,22H,1-2H3,(H2,25,26,29,30). The van der Waals surface area contributed by atoms with Gasteiger partial charge in [0.2, 0.25) is 11.8 Å². The third kappa shape index (κ3) is 5.30. The van der Waals surface area contributed by atoms with E-state index in [9.17, 15) is 9.59 Å². The summed E-state index contributed by atoms with van der Waals surface area (Å²) in [5, 5.41) is 6.02. The van der Waals surface area contributed by atoms with Crippen LogP contribution in [0.25, 0.3) is 0 Å². The van der Waals surface area contributed by atoms with Crippen molar-refractivity contribution in [1.29, 1.82) is 0 Å². The first-order valence-electron chi connectivity index (χ1n) is 9.52. The number of amides is 2. The molecule has 3 aromatic rings. The van der Waals surface area contributed by atoms with Crippen LogP contribution in [0.1, 0.15) is 24.0 Å². The molecule has 2 N–H and O–H groups in total. The number of benzene rings is 3. The van der Waals surface area contributed by atoms with Gasteiger partial charge >= 0.3 is 0 Å². The Hall–Kier alpha value is -3.51. The summed E-state index contributed by atoms with van der Waals surface area (Å²) in [5.41, 5.74) is 3.18. The van der Waals surface area contributed by atoms with E-state index < -0.39 is 5.92 Å². The van der Waals surface area contributed by atoms with E-state index in [2.05, 4.69) is 10.6 Å². The van der Waals surface area contributed by atoms with Crippen molar-refractivity contribution in [3.05, 3.63) is 96.1 Å². The molecule has 0 radical (unpaired) electrons. The van der Waals surface area contributed by atoms with Crippen LogP contribution in [-0.2, 0) is 9.59 Å². The van der Waals surface area contributed by atoms with Gasteiger partial charge in [-0.25, -0.2) is 0 Å². The van der Waals surface area contributed by atoms with E-state index in [-0.39, 0.29) is 16.9 Å². The summed E-state index contributed by atoms with van der Waals surface area (Å²) in [4.78, 5) is 26.2. The second kappa shape index (κ2) is 9.80. The Kier molecular flexibility index (Phi) is 6.93. The van der Waals surface area contributed by atoms with Crippen molar-refractivity contribution in [3.8, 4) is 0 Å². The largest absolute Gasteiger partial charge is 0.332 e. The second-order valence-corrected chi connectivity index (χ2v) is 7.23. The number of hydrogen-bond acceptors (Lipinski definition) is 3. The number of nitrogens with zero attached hydrogens (tertiary/aromatic N) is 1. The van der Waals surface area contributed by atoms with E-state index in [1.165, 1.54) is 11.8 Å². The zero-order valence-corrected chi connectivity index (χ0v) is 17.6. The fraction of sp³-hybridized carbons (Fsp3) is 0.125. The summed E-state index contributed by atoms with van der Waals surface area (Å²) in [7, 11) is 1.70. The predicted octanol–water partition coefficient (Wildman–Crippen LogP) is 4.31. The zero-order chi connectivity index (χ0) is 21.5. The molecule has 3 aromatic carbocycles. The molecular weight excluding hydrogens is 394 g/mol. The monoisotopic (exact) mass is 417 g/mol. The minimum atomic E-state index is -0.484. The molecule has 0 bridgehead atoms. The van der Waals surface area contributed by atoms with Crippen molar-refractivity contribution in [2.24, 2.45) is 0 Å². The highest BCUT2D eigenvalue weighted by Crippen LogP contribution is 2.25. The van der Waals surface area contributed by atoms with E-state index in [1.54, 1.807) is 13.1 Å². The Labute approximate surface area is 181 Å². The number of rotatable bonds is 5. The van der Waals surface area contributed by atoms with Crippen molar-refractivity contribution in [1.82, 2.24) is 5.32 Å². The molecule has 0 aromatic heterocycles. The van der Waals surface area contributed by atoms with Crippen molar-refractivity contribution < 1.29 is 9.59 Å². The van der Waals surface area contributed by atoms with Gasteiger partial charge in [-0.2, -0.15) is 0 Å². The molecule has 0 atom stereocenters. The molecule has 0 fully saturated rings. The third-order valence-corrected chi connectivity index (χ3v) is 4.93. The normalized spacial score (nSPS) is 10.4. The quantitative estimate of drug-likeness (QED) is 0.607. The molecule has 0 saturated carbocycles. The summed E-state index contributed by atoms with van der Waals surface area (Å²) in [5.74, 6) is -0.777. The predicted molar refractivity (Wildman–Crippen MR) is 125 cm³/mol. The lowest BCUT2D eigenvalue weighted by Crippen LogP contribution is -2.37. The van der Waals surface area contributed by atoms with Gasteiger partial charge in [0.25, 0.3) is 0 Å². The van der Waals surface area contributed by atoms with E-state index in [4.69, 9.17) is 12.2 Å². The molecule has 0 spiro atoms. The van der Waals surface area contributed by atoms with Crippen LogP contribution >= 0.6 is 12.2 Å². The maximum Gasteiger partial charge on any atom is 0.238 e. The molecule has 3 rings (SSSR count). The first-order chi connectivity index (χ1) is 14.5. The van der Waals surface area contributed by atoms with E-state index in [0.717, 1.165) is 16.8 Å². The highest BCUT2D eigenvalue weighted by Gasteiger charge is 2.23. The minimum absolute atomic E-state index is 0.0726. The second-order valence-electron chi connectivity index (χ2n) is 6.83. The van der Waals surface area contributed by atoms with Gasteiger partial charge < -0.3 is 15.5 Å². The molecule has 2 amide bonds. The average molecular weight is 418 g/mol. The van der Waals surface area contributed by atoms with E-state index in [1.807, 2.05) is 78.9 Å². The van der Waals surface area contributed by atoms with E-state index >= 15 is 0 Å². The van der Waals surface area contributed by atoms with Crippen LogP contribution in [0.3, 0.4) is 0 Å². The Morgan fingerprint density at radius 1 is 0.867 bits per heavy atom. The number of nitrogens with one attached hydrogen (secondary N) is 2. The molecule has 6 heteroatoms. The van der Waals surface area contributed by atoms with Gasteiger partial charge in [-0.1, -0.05) is 66.7 Å². The van der Waals surface area contributed by atoms with Crippen LogP contribution < -0.4 is 15.5 Å². The lowest BCUT2D eigenvalue weighted by atomic mass is 9.90. The maximum absolute atomic E-state index is 13.1. The number of hydrogen-bond donors (Lipinski definition) is 2. The molecule has 0 heterocycles. The Morgan fingerprint density at radius 3 is 1.97 bits per heavy atom. The Bertz CT molecular complexity index is 999. The highest BCUT2D eigenvalue weighted by molar-refractivity contribution is 7.80. The number of carbonyl (C=O) groups excluding carboxylic acids is 2. The van der Waals surface area contributed by atoms with Crippen molar-refractivity contribution in [2.45, 2.75) is 12.8 Å². The van der Waals surface area contributed by atoms with Gasteiger partial charge in [0.15, 0.2) is 5.11 Å². The molecule has 0 aliphatic rings. The smallest absolute Gasteiger partial charge is 0.238 e. The van der Waals surface area contributed by atoms with Crippen molar-refractivity contribution in [3.63, 3.8) is 0 Å². The number of thiocarbonyl (C=S) groups is 1. The SMILES string of the molecule is CC(=O)N(C)c1cccc(NC(=S)NC(=O)C(c2ccccc2)c2ccccc2)c1. The molecule has 152 valence electrons. The summed E-state index contributed by atoms with van der Waals surface area (Å²) in [6.07, 6.45) is 0. The van der Waals surface area contributed by atoms with Gasteiger partial charge in [0.1, 0.15) is 0 Å². The van der Waals surface area contributed by atoms with Crippen LogP contribution in [0.15, 0.2) is 84.9 Å². The number of anilines is 2. The van der Waals surface area contributed by atoms with Crippen LogP contribution in [0.5, 0.6) is 0 Å². The van der Waals surface area contributed by atoms with E-state index in [0.29, 0.717) is 5.69 Å². The molecule has 5 nitrogen and oxygen atoms in total. The molecular formula is C24H23N3O2S. The van der Waals surface area contributed by atoms with Crippen LogP contribution in [0, 0.1) is 0 Å². The zero-order valence-electron chi connectivity index (χ0n) is 16.8. The van der Waals surface area contributed by atoms with Crippen LogP contribution in [0.4, 0.5) is 11.4 Å². The lowest BCUT2D eigenvalue weighted by Gasteiger charge is -2.19. The third-order valence-electron chi connectivity index (χ3n) is 4.73. The van der Waals surface area contributed by atoms with Crippen LogP contribution in [-0.4, -0.2) is 24.0 Å². The van der Waals surface area contributed by atoms with Gasteiger partial charge in [0.05, 0.1) is 5.92 Å². The topological polar surface area (TPSA) is 61.4 Å². The fourth-order valence-corrected chi connectivity index (χ4v) is 3.33. The fourth-order valence-electron chi connectivity index (χ4n) is 3.11. The van der Waals surface area contributed by atoms with Crippen molar-refractivity contribution in [2.75, 3.05) is 17.3 Å². The minimum Gasteiger partial charge on any atom is -0.332 e. The summed E-state index contributed by atoms with van der Waals surface area (Å²) < 4.78 is 0. The van der Waals surface area contributed by atoms with Gasteiger partial charge in [-0.15, -0.1) is 0 Å². The van der Waals surface area contributed by atoms with Gasteiger partial charge in [-0.05, 0) is 41.5 Å². The van der Waals surface area contributed by atoms with Gasteiger partial charge in [0, 0.05) is 25.3 Å². The van der Waals surface area contributed by atoms with Crippen LogP contribution in [0.2, 0.25) is 0 Å². The summed E-state index contributed by atoms with van der Waals surface area (Å²) in [6, 6.07) is 26.4. The first kappa shape index (κ1) is 21.2. The molecule has 0 aliphatic carbocycles. The highest BCUT2D eigenvalue weighted by atomic mass is 32.1. The molecule has 0 unspecified atom stereocenters. The lowest BCUT2D eigenvalue weighted by molar-refractivity contribution is -0.120. The maximum atomic E-state index is 13.1. The molecule has 0 saturated heterocycles.